The van der Waals surface area contributed by atoms with E-state index in [-0.39, 0.29) is 25.7 Å². The van der Waals surface area contributed by atoms with Crippen LogP contribution in [-0.2, 0) is 26.5 Å². The van der Waals surface area contributed by atoms with Crippen LogP contribution in [0.1, 0.15) is 38.8 Å². The van der Waals surface area contributed by atoms with E-state index in [0.717, 1.165) is 44.1 Å². The van der Waals surface area contributed by atoms with Gasteiger partial charge in [-0.1, -0.05) is 55.5 Å². The minimum atomic E-state index is -2.09. The number of aromatic nitrogens is 3. The molecule has 0 saturated carbocycles. The van der Waals surface area contributed by atoms with Crippen LogP contribution in [0.4, 0.5) is 0 Å². The summed E-state index contributed by atoms with van der Waals surface area (Å²) in [6.45, 7) is 3.61. The average molecular weight is 731 g/mol. The third-order valence-corrected chi connectivity index (χ3v) is 6.46. The molecule has 7 aromatic rings. The standard InChI is InChI=1S/C25H21N2O.C12H10N.Ir/c1-25(2,3)15-16-11-13-27-22(14-16)20-7-4-6-17-18-9-10-21-19(8-5-12-26-21)24(18)28-23(17)20;1-10-7-8-12(13-9-10)11-5-3-2-4-6-11;/h4-6,8-14H,15H2,1-3H3;2-5,7-9H,1H3;/q2*-1;/i15D2;1D3;. The maximum absolute atomic E-state index is 8.62. The summed E-state index contributed by atoms with van der Waals surface area (Å²) in [5.41, 5.74) is 5.64. The van der Waals surface area contributed by atoms with Gasteiger partial charge in [-0.2, -0.15) is 0 Å². The van der Waals surface area contributed by atoms with E-state index in [9.17, 15) is 0 Å². The van der Waals surface area contributed by atoms with Crippen LogP contribution in [0, 0.1) is 24.4 Å². The van der Waals surface area contributed by atoms with Crippen LogP contribution in [0.15, 0.2) is 108 Å². The molecule has 42 heavy (non-hydrogen) atoms. The van der Waals surface area contributed by atoms with Gasteiger partial charge < -0.3 is 14.4 Å². The molecule has 5 heteroatoms. The quantitative estimate of drug-likeness (QED) is 0.170. The van der Waals surface area contributed by atoms with E-state index >= 15 is 0 Å². The molecule has 7 rings (SSSR count). The number of nitrogens with zero attached hydrogens (tertiary/aromatic N) is 3. The summed E-state index contributed by atoms with van der Waals surface area (Å²) in [7, 11) is 0. The van der Waals surface area contributed by atoms with Gasteiger partial charge in [0.2, 0.25) is 0 Å². The zero-order valence-corrected chi connectivity index (χ0v) is 25.8. The molecule has 4 aromatic heterocycles. The molecule has 0 aliphatic heterocycles. The van der Waals surface area contributed by atoms with Crippen molar-refractivity contribution in [2.24, 2.45) is 5.41 Å². The van der Waals surface area contributed by atoms with Gasteiger partial charge in [0.15, 0.2) is 0 Å². The van der Waals surface area contributed by atoms with Crippen molar-refractivity contribution < 1.29 is 31.4 Å². The Labute approximate surface area is 267 Å². The number of rotatable bonds is 3. The van der Waals surface area contributed by atoms with E-state index in [1.807, 2.05) is 81.4 Å². The first-order valence-electron chi connectivity index (χ1n) is 15.9. The predicted octanol–water partition coefficient (Wildman–Crippen LogP) is 9.44. The summed E-state index contributed by atoms with van der Waals surface area (Å²) in [6.07, 6.45) is 3.31. The van der Waals surface area contributed by atoms with Crippen molar-refractivity contribution in [3.63, 3.8) is 0 Å². The Balaban J connectivity index is 0.000000217. The number of pyridine rings is 3. The van der Waals surface area contributed by atoms with E-state index in [0.29, 0.717) is 16.8 Å². The normalized spacial score (nSPS) is 13.6. The number of hydrogen-bond donors (Lipinski definition) is 0. The molecule has 0 unspecified atom stereocenters. The molecule has 0 bridgehead atoms. The molecular formula is C37H31IrN3O-2. The molecule has 211 valence electrons. The van der Waals surface area contributed by atoms with Crippen molar-refractivity contribution in [3.8, 4) is 22.5 Å². The first-order valence-corrected chi connectivity index (χ1v) is 13.4. The fourth-order valence-electron chi connectivity index (χ4n) is 4.73. The Kier molecular flexibility index (Phi) is 6.88. The Hall–Kier alpha value is -4.18. The maximum Gasteiger partial charge on any atom is 0.130 e. The van der Waals surface area contributed by atoms with E-state index in [4.69, 9.17) is 11.3 Å². The monoisotopic (exact) mass is 731 g/mol. The third kappa shape index (κ3) is 6.33. The minimum Gasteiger partial charge on any atom is -0.500 e. The van der Waals surface area contributed by atoms with Crippen molar-refractivity contribution in [3.05, 3.63) is 127 Å². The van der Waals surface area contributed by atoms with Crippen molar-refractivity contribution in [2.45, 2.75) is 34.0 Å². The maximum atomic E-state index is 8.62. The Morgan fingerprint density at radius 1 is 0.786 bits per heavy atom. The molecular weight excluding hydrogens is 695 g/mol. The van der Waals surface area contributed by atoms with Gasteiger partial charge in [-0.3, -0.25) is 4.98 Å². The van der Waals surface area contributed by atoms with Crippen molar-refractivity contribution in [1.82, 2.24) is 15.0 Å². The smallest absolute Gasteiger partial charge is 0.130 e. The number of furan rings is 1. The largest absolute Gasteiger partial charge is 0.500 e. The first kappa shape index (κ1) is 23.4. The van der Waals surface area contributed by atoms with Crippen LogP contribution in [0.5, 0.6) is 0 Å². The SMILES string of the molecule is [2H]C([2H])([2H])c1ccc(-c2[c-]cccc2)nc1.[2H]C([2H])(c1ccnc(-c2[c-]ccc3c2oc2c4cccnc4ccc32)c1)C(C)(C)C.[Ir]. The summed E-state index contributed by atoms with van der Waals surface area (Å²) in [5, 5.41) is 2.96. The van der Waals surface area contributed by atoms with Gasteiger partial charge in [0, 0.05) is 56.3 Å². The molecule has 0 saturated heterocycles. The molecule has 0 amide bonds. The fourth-order valence-corrected chi connectivity index (χ4v) is 4.73. The van der Waals surface area contributed by atoms with E-state index in [2.05, 4.69) is 27.1 Å². The number of benzene rings is 3. The average Bonchev–Trinajstić information content (AvgIpc) is 3.44. The van der Waals surface area contributed by atoms with Crippen LogP contribution in [0.3, 0.4) is 0 Å². The van der Waals surface area contributed by atoms with E-state index in [1.165, 1.54) is 6.20 Å². The van der Waals surface area contributed by atoms with Gasteiger partial charge in [-0.25, -0.2) is 0 Å². The Morgan fingerprint density at radius 3 is 2.43 bits per heavy atom. The second-order valence-corrected chi connectivity index (χ2v) is 10.7. The summed E-state index contributed by atoms with van der Waals surface area (Å²) in [5.74, 6) is 0. The molecule has 4 nitrogen and oxygen atoms in total. The second kappa shape index (κ2) is 12.4. The fraction of sp³-hybridized carbons (Fsp3) is 0.162. The molecule has 3 aromatic carbocycles. The molecule has 0 fully saturated rings. The third-order valence-electron chi connectivity index (χ3n) is 6.46. The van der Waals surface area contributed by atoms with Crippen molar-refractivity contribution >= 4 is 32.8 Å². The second-order valence-electron chi connectivity index (χ2n) is 10.7. The van der Waals surface area contributed by atoms with Crippen LogP contribution in [0.2, 0.25) is 0 Å². The zero-order valence-electron chi connectivity index (χ0n) is 28.4. The van der Waals surface area contributed by atoms with Gasteiger partial charge in [-0.05, 0) is 65.9 Å². The summed E-state index contributed by atoms with van der Waals surface area (Å²) >= 11 is 0. The molecule has 0 atom stereocenters. The molecule has 0 aliphatic carbocycles. The predicted molar refractivity (Wildman–Crippen MR) is 167 cm³/mol. The number of hydrogen-bond acceptors (Lipinski definition) is 4. The Morgan fingerprint density at radius 2 is 1.67 bits per heavy atom. The van der Waals surface area contributed by atoms with Crippen LogP contribution >= 0.6 is 0 Å². The van der Waals surface area contributed by atoms with Crippen molar-refractivity contribution in [2.75, 3.05) is 0 Å². The number of fused-ring (bicyclic) bond motifs is 5. The summed E-state index contributed by atoms with van der Waals surface area (Å²) in [6, 6.07) is 32.4. The van der Waals surface area contributed by atoms with Gasteiger partial charge >= 0.3 is 0 Å². The minimum absolute atomic E-state index is 0. The topological polar surface area (TPSA) is 51.8 Å². The van der Waals surface area contributed by atoms with E-state index in [1.54, 1.807) is 36.7 Å². The van der Waals surface area contributed by atoms with E-state index < -0.39 is 18.6 Å². The van der Waals surface area contributed by atoms with Gasteiger partial charge in [-0.15, -0.1) is 54.1 Å². The molecule has 1 radical (unpaired) electrons. The van der Waals surface area contributed by atoms with Crippen LogP contribution in [-0.4, -0.2) is 15.0 Å². The zero-order chi connectivity index (χ0) is 32.7. The Bertz CT molecular complexity index is 2160. The molecule has 0 N–H and O–H groups in total. The van der Waals surface area contributed by atoms with Gasteiger partial charge in [0.25, 0.3) is 0 Å². The van der Waals surface area contributed by atoms with Crippen LogP contribution in [0.25, 0.3) is 55.4 Å². The number of aryl methyl sites for hydroxylation is 1. The van der Waals surface area contributed by atoms with Gasteiger partial charge in [0.05, 0.1) is 11.1 Å². The molecule has 0 aliphatic rings. The van der Waals surface area contributed by atoms with Gasteiger partial charge in [0.1, 0.15) is 5.58 Å². The molecule has 0 spiro atoms. The summed E-state index contributed by atoms with van der Waals surface area (Å²) < 4.78 is 45.3. The summed E-state index contributed by atoms with van der Waals surface area (Å²) in [4.78, 5) is 13.1. The molecule has 4 heterocycles. The van der Waals surface area contributed by atoms with Crippen LogP contribution < -0.4 is 0 Å². The van der Waals surface area contributed by atoms with Crippen molar-refractivity contribution in [1.29, 1.82) is 0 Å². The first-order chi connectivity index (χ1) is 21.8.